The second-order valence-electron chi connectivity index (χ2n) is 6.95. The summed E-state index contributed by atoms with van der Waals surface area (Å²) in [6.45, 7) is 5.69. The summed E-state index contributed by atoms with van der Waals surface area (Å²) >= 11 is 0. The maximum atomic E-state index is 5.95. The van der Waals surface area contributed by atoms with Crippen LogP contribution >= 0.6 is 0 Å². The molecule has 3 nitrogen and oxygen atoms in total. The van der Waals surface area contributed by atoms with E-state index in [-0.39, 0.29) is 6.10 Å². The Bertz CT molecular complexity index is 279. The molecule has 0 fully saturated rings. The molecule has 3 heteroatoms. The molecule has 24 heavy (non-hydrogen) atoms. The zero-order chi connectivity index (χ0) is 17.9. The first kappa shape index (κ1) is 23.5. The Morgan fingerprint density at radius 2 is 1.25 bits per heavy atom. The summed E-state index contributed by atoms with van der Waals surface area (Å²) in [5, 5.41) is 0. The van der Waals surface area contributed by atoms with Crippen molar-refractivity contribution in [2.24, 2.45) is 11.5 Å². The fourth-order valence-electron chi connectivity index (χ4n) is 3.06. The van der Waals surface area contributed by atoms with Crippen LogP contribution in [0.3, 0.4) is 0 Å². The molecule has 0 aromatic rings. The first-order valence-corrected chi connectivity index (χ1v) is 10.5. The number of unbranched alkanes of at least 4 members (excludes halogenated alkanes) is 12. The van der Waals surface area contributed by atoms with Crippen molar-refractivity contribution in [2.75, 3.05) is 13.2 Å². The summed E-state index contributed by atoms with van der Waals surface area (Å²) in [5.74, 6) is 0. The lowest BCUT2D eigenvalue weighted by molar-refractivity contribution is 0.0708. The van der Waals surface area contributed by atoms with Crippen molar-refractivity contribution < 1.29 is 4.74 Å². The standard InChI is InChI=1S/C21H44N2O/c1-3-5-6-7-8-9-10-11-12-13-14-15-16-19-24-21(4-2)20(23)17-18-22/h17,21H,3-16,18-19,22-23H2,1-2H3. The van der Waals surface area contributed by atoms with E-state index < -0.39 is 0 Å². The van der Waals surface area contributed by atoms with Gasteiger partial charge in [-0.15, -0.1) is 0 Å². The normalized spacial score (nSPS) is 13.4. The monoisotopic (exact) mass is 340 g/mol. The molecule has 0 heterocycles. The number of ether oxygens (including phenoxy) is 1. The predicted molar refractivity (Wildman–Crippen MR) is 107 cm³/mol. The highest BCUT2D eigenvalue weighted by Gasteiger charge is 2.08. The lowest BCUT2D eigenvalue weighted by Crippen LogP contribution is -2.22. The van der Waals surface area contributed by atoms with Crippen LogP contribution in [-0.4, -0.2) is 19.3 Å². The van der Waals surface area contributed by atoms with E-state index in [9.17, 15) is 0 Å². The predicted octanol–water partition coefficient (Wildman–Crippen LogP) is 5.67. The maximum Gasteiger partial charge on any atom is 0.0961 e. The Labute approximate surface area is 151 Å². The Kier molecular flexibility index (Phi) is 18.4. The molecule has 0 aliphatic carbocycles. The molecule has 0 aliphatic heterocycles. The second-order valence-corrected chi connectivity index (χ2v) is 6.95. The van der Waals surface area contributed by atoms with Crippen LogP contribution in [0.15, 0.2) is 11.8 Å². The minimum Gasteiger partial charge on any atom is -0.400 e. The van der Waals surface area contributed by atoms with Gasteiger partial charge in [0.05, 0.1) is 6.10 Å². The Morgan fingerprint density at radius 1 is 0.792 bits per heavy atom. The van der Waals surface area contributed by atoms with Crippen molar-refractivity contribution >= 4 is 0 Å². The molecule has 0 spiro atoms. The van der Waals surface area contributed by atoms with Gasteiger partial charge in [-0.05, 0) is 18.9 Å². The summed E-state index contributed by atoms with van der Waals surface area (Å²) < 4.78 is 5.86. The van der Waals surface area contributed by atoms with Gasteiger partial charge >= 0.3 is 0 Å². The number of nitrogens with two attached hydrogens (primary N) is 2. The molecule has 1 unspecified atom stereocenters. The molecular weight excluding hydrogens is 296 g/mol. The highest BCUT2D eigenvalue weighted by atomic mass is 16.5. The average Bonchev–Trinajstić information content (AvgIpc) is 2.58. The molecule has 4 N–H and O–H groups in total. The van der Waals surface area contributed by atoms with Crippen molar-refractivity contribution in [2.45, 2.75) is 110 Å². The van der Waals surface area contributed by atoms with E-state index in [2.05, 4.69) is 13.8 Å². The van der Waals surface area contributed by atoms with Crippen molar-refractivity contribution in [3.8, 4) is 0 Å². The summed E-state index contributed by atoms with van der Waals surface area (Å²) in [6.07, 6.45) is 20.7. The van der Waals surface area contributed by atoms with E-state index in [1.807, 2.05) is 6.08 Å². The SMILES string of the molecule is CCCCCCCCCCCCCCCOC(CC)C(N)=CCN. The molecule has 0 aromatic heterocycles. The fraction of sp³-hybridized carbons (Fsp3) is 0.905. The smallest absolute Gasteiger partial charge is 0.0961 e. The van der Waals surface area contributed by atoms with E-state index >= 15 is 0 Å². The number of rotatable bonds is 18. The van der Waals surface area contributed by atoms with E-state index in [1.54, 1.807) is 0 Å². The summed E-state index contributed by atoms with van der Waals surface area (Å²) in [4.78, 5) is 0. The molecule has 0 radical (unpaired) electrons. The second kappa shape index (κ2) is 18.8. The maximum absolute atomic E-state index is 5.95. The van der Waals surface area contributed by atoms with Crippen molar-refractivity contribution in [3.63, 3.8) is 0 Å². The number of hydrogen-bond acceptors (Lipinski definition) is 3. The van der Waals surface area contributed by atoms with Gasteiger partial charge < -0.3 is 16.2 Å². The molecule has 1 atom stereocenters. The van der Waals surface area contributed by atoms with Gasteiger partial charge in [-0.3, -0.25) is 0 Å². The third kappa shape index (κ3) is 15.0. The van der Waals surface area contributed by atoms with Gasteiger partial charge in [-0.25, -0.2) is 0 Å². The van der Waals surface area contributed by atoms with Crippen molar-refractivity contribution in [1.82, 2.24) is 0 Å². The molecule has 0 rings (SSSR count). The van der Waals surface area contributed by atoms with Crippen LogP contribution < -0.4 is 11.5 Å². The van der Waals surface area contributed by atoms with Gasteiger partial charge in [0.2, 0.25) is 0 Å². The third-order valence-corrected chi connectivity index (χ3v) is 4.66. The van der Waals surface area contributed by atoms with Gasteiger partial charge in [-0.1, -0.05) is 90.9 Å². The van der Waals surface area contributed by atoms with Crippen LogP contribution in [-0.2, 0) is 4.74 Å². The largest absolute Gasteiger partial charge is 0.400 e. The van der Waals surface area contributed by atoms with E-state index in [1.165, 1.54) is 77.0 Å². The molecular formula is C21H44N2O. The van der Waals surface area contributed by atoms with Gasteiger partial charge in [-0.2, -0.15) is 0 Å². The fourth-order valence-corrected chi connectivity index (χ4v) is 3.06. The van der Waals surface area contributed by atoms with Crippen LogP contribution in [0.4, 0.5) is 0 Å². The zero-order valence-electron chi connectivity index (χ0n) is 16.5. The van der Waals surface area contributed by atoms with Crippen LogP contribution in [0.1, 0.15) is 104 Å². The van der Waals surface area contributed by atoms with Crippen LogP contribution in [0, 0.1) is 0 Å². The minimum absolute atomic E-state index is 0.0471. The van der Waals surface area contributed by atoms with Gasteiger partial charge in [0, 0.05) is 18.8 Å². The molecule has 0 saturated heterocycles. The van der Waals surface area contributed by atoms with Crippen LogP contribution in [0.25, 0.3) is 0 Å². The summed E-state index contributed by atoms with van der Waals surface area (Å²) in [5.41, 5.74) is 12.2. The first-order chi connectivity index (χ1) is 11.8. The molecule has 0 aromatic carbocycles. The van der Waals surface area contributed by atoms with Gasteiger partial charge in [0.25, 0.3) is 0 Å². The highest BCUT2D eigenvalue weighted by Crippen LogP contribution is 2.13. The third-order valence-electron chi connectivity index (χ3n) is 4.66. The van der Waals surface area contributed by atoms with Gasteiger partial charge in [0.1, 0.15) is 0 Å². The minimum atomic E-state index is 0.0471. The molecule has 0 amide bonds. The lowest BCUT2D eigenvalue weighted by Gasteiger charge is -2.16. The number of hydrogen-bond donors (Lipinski definition) is 2. The topological polar surface area (TPSA) is 61.3 Å². The van der Waals surface area contributed by atoms with Gasteiger partial charge in [0.15, 0.2) is 0 Å². The van der Waals surface area contributed by atoms with Crippen LogP contribution in [0.2, 0.25) is 0 Å². The molecule has 144 valence electrons. The van der Waals surface area contributed by atoms with Crippen molar-refractivity contribution in [3.05, 3.63) is 11.8 Å². The molecule has 0 aliphatic rings. The van der Waals surface area contributed by atoms with E-state index in [4.69, 9.17) is 16.2 Å². The Morgan fingerprint density at radius 3 is 1.67 bits per heavy atom. The highest BCUT2D eigenvalue weighted by molar-refractivity contribution is 5.03. The quantitative estimate of drug-likeness (QED) is 0.316. The van der Waals surface area contributed by atoms with Crippen LogP contribution in [0.5, 0.6) is 0 Å². The lowest BCUT2D eigenvalue weighted by atomic mass is 10.0. The van der Waals surface area contributed by atoms with E-state index in [0.29, 0.717) is 6.54 Å². The van der Waals surface area contributed by atoms with E-state index in [0.717, 1.165) is 25.1 Å². The summed E-state index contributed by atoms with van der Waals surface area (Å²) in [6, 6.07) is 0. The first-order valence-electron chi connectivity index (χ1n) is 10.5. The summed E-state index contributed by atoms with van der Waals surface area (Å²) in [7, 11) is 0. The Hall–Kier alpha value is -0.540. The molecule has 0 bridgehead atoms. The zero-order valence-corrected chi connectivity index (χ0v) is 16.5. The Balaban J connectivity index is 3.29. The average molecular weight is 341 g/mol. The molecule has 0 saturated carbocycles. The van der Waals surface area contributed by atoms with Crippen molar-refractivity contribution in [1.29, 1.82) is 0 Å².